The number of aliphatic carboxylic acids is 1. The van der Waals surface area contributed by atoms with Gasteiger partial charge >= 0.3 is 5.97 Å². The molecule has 0 spiro atoms. The van der Waals surface area contributed by atoms with Gasteiger partial charge in [-0.25, -0.2) is 4.79 Å². The number of carbonyl (C=O) groups is 1. The van der Waals surface area contributed by atoms with Crippen molar-refractivity contribution in [1.29, 1.82) is 0 Å². The van der Waals surface area contributed by atoms with E-state index < -0.39 is 5.97 Å². The van der Waals surface area contributed by atoms with Crippen molar-refractivity contribution in [2.75, 3.05) is 6.61 Å². The fourth-order valence-corrected chi connectivity index (χ4v) is 2.40. The van der Waals surface area contributed by atoms with Crippen LogP contribution in [0.5, 0.6) is 5.75 Å². The summed E-state index contributed by atoms with van der Waals surface area (Å²) >= 11 is 0. The molecule has 0 aliphatic carbocycles. The highest BCUT2D eigenvalue weighted by Gasteiger charge is 2.14. The van der Waals surface area contributed by atoms with Crippen molar-refractivity contribution in [2.24, 2.45) is 0 Å². The van der Waals surface area contributed by atoms with Gasteiger partial charge in [-0.3, -0.25) is 0 Å². The van der Waals surface area contributed by atoms with E-state index in [1.807, 2.05) is 33.8 Å². The van der Waals surface area contributed by atoms with Crippen LogP contribution < -0.4 is 4.74 Å². The average molecular weight is 276 g/mol. The van der Waals surface area contributed by atoms with E-state index in [1.165, 1.54) is 6.08 Å². The number of allylic oxidation sites excluding steroid dienone is 1. The molecule has 0 atom stereocenters. The zero-order valence-corrected chi connectivity index (χ0v) is 13.0. The van der Waals surface area contributed by atoms with Gasteiger partial charge in [0.05, 0.1) is 6.61 Å². The van der Waals surface area contributed by atoms with Crippen LogP contribution in [0.3, 0.4) is 0 Å². The van der Waals surface area contributed by atoms with E-state index in [-0.39, 0.29) is 0 Å². The van der Waals surface area contributed by atoms with Crippen LogP contribution in [0, 0.1) is 20.8 Å². The first-order chi connectivity index (χ1) is 9.42. The second-order valence-electron chi connectivity index (χ2n) is 5.03. The molecule has 3 nitrogen and oxygen atoms in total. The topological polar surface area (TPSA) is 46.5 Å². The molecule has 1 aromatic carbocycles. The lowest BCUT2D eigenvalue weighted by molar-refractivity contribution is -0.131. The molecule has 0 unspecified atom stereocenters. The van der Waals surface area contributed by atoms with Crippen LogP contribution in [0.2, 0.25) is 0 Å². The quantitative estimate of drug-likeness (QED) is 0.789. The van der Waals surface area contributed by atoms with Gasteiger partial charge in [-0.15, -0.1) is 0 Å². The molecular formula is C17H24O3. The van der Waals surface area contributed by atoms with Crippen LogP contribution in [-0.2, 0) is 4.79 Å². The molecular weight excluding hydrogens is 252 g/mol. The van der Waals surface area contributed by atoms with Crippen LogP contribution in [0.25, 0.3) is 5.57 Å². The number of rotatable bonds is 6. The Hall–Kier alpha value is -1.77. The summed E-state index contributed by atoms with van der Waals surface area (Å²) in [6.45, 7) is 10.8. The van der Waals surface area contributed by atoms with E-state index in [1.54, 1.807) is 0 Å². The van der Waals surface area contributed by atoms with Crippen LogP contribution in [-0.4, -0.2) is 17.7 Å². The Kier molecular flexibility index (Phi) is 5.81. The van der Waals surface area contributed by atoms with Crippen LogP contribution in [0.1, 0.15) is 48.9 Å². The summed E-state index contributed by atoms with van der Waals surface area (Å²) in [6.07, 6.45) is 2.97. The van der Waals surface area contributed by atoms with E-state index in [2.05, 4.69) is 6.92 Å². The van der Waals surface area contributed by atoms with Crippen LogP contribution in [0.4, 0.5) is 0 Å². The zero-order valence-electron chi connectivity index (χ0n) is 13.0. The maximum atomic E-state index is 11.0. The number of hydrogen-bond donors (Lipinski definition) is 1. The lowest BCUT2D eigenvalue weighted by atomic mass is 9.90. The Labute approximate surface area is 121 Å². The molecule has 0 aromatic heterocycles. The van der Waals surface area contributed by atoms with E-state index in [0.717, 1.165) is 40.0 Å². The standard InChI is InChI=1S/C17H24O3/c1-6-8-20-15-9-11(3)17(13(5)12(15)4)14(7-2)10-16(18)19/h9-10H,6-8H2,1-5H3,(H,18,19)/b14-10+. The van der Waals surface area contributed by atoms with Crippen molar-refractivity contribution in [3.05, 3.63) is 34.4 Å². The lowest BCUT2D eigenvalue weighted by Gasteiger charge is -2.18. The van der Waals surface area contributed by atoms with Crippen LogP contribution >= 0.6 is 0 Å². The Balaban J connectivity index is 3.36. The molecule has 0 amide bonds. The molecule has 20 heavy (non-hydrogen) atoms. The highest BCUT2D eigenvalue weighted by atomic mass is 16.5. The second-order valence-corrected chi connectivity index (χ2v) is 5.03. The number of benzene rings is 1. The molecule has 0 saturated heterocycles. The predicted octanol–water partition coefficient (Wildman–Crippen LogP) is 4.28. The summed E-state index contributed by atoms with van der Waals surface area (Å²) < 4.78 is 5.76. The summed E-state index contributed by atoms with van der Waals surface area (Å²) in [7, 11) is 0. The summed E-state index contributed by atoms with van der Waals surface area (Å²) in [6, 6.07) is 2.01. The summed E-state index contributed by atoms with van der Waals surface area (Å²) in [5.41, 5.74) is 5.15. The van der Waals surface area contributed by atoms with Gasteiger partial charge < -0.3 is 9.84 Å². The fourth-order valence-electron chi connectivity index (χ4n) is 2.40. The molecule has 0 saturated carbocycles. The van der Waals surface area contributed by atoms with Gasteiger partial charge in [0.25, 0.3) is 0 Å². The molecule has 0 fully saturated rings. The molecule has 1 N–H and O–H groups in total. The molecule has 1 rings (SSSR count). The second kappa shape index (κ2) is 7.13. The molecule has 110 valence electrons. The van der Waals surface area contributed by atoms with E-state index in [0.29, 0.717) is 13.0 Å². The van der Waals surface area contributed by atoms with E-state index >= 15 is 0 Å². The van der Waals surface area contributed by atoms with Gasteiger partial charge in [0.15, 0.2) is 0 Å². The molecule has 1 aromatic rings. The van der Waals surface area contributed by atoms with Gasteiger partial charge in [-0.1, -0.05) is 13.8 Å². The maximum Gasteiger partial charge on any atom is 0.328 e. The van der Waals surface area contributed by atoms with Gasteiger partial charge in [-0.05, 0) is 67.5 Å². The number of carboxylic acid groups (broad SMARTS) is 1. The van der Waals surface area contributed by atoms with Crippen LogP contribution in [0.15, 0.2) is 12.1 Å². The Bertz CT molecular complexity index is 528. The molecule has 3 heteroatoms. The monoisotopic (exact) mass is 276 g/mol. The van der Waals surface area contributed by atoms with Gasteiger partial charge in [0.1, 0.15) is 5.75 Å². The highest BCUT2D eigenvalue weighted by Crippen LogP contribution is 2.33. The first kappa shape index (κ1) is 16.3. The van der Waals surface area contributed by atoms with E-state index in [9.17, 15) is 4.79 Å². The molecule has 0 bridgehead atoms. The van der Waals surface area contributed by atoms with Crippen molar-refractivity contribution in [1.82, 2.24) is 0 Å². The van der Waals surface area contributed by atoms with Crippen molar-refractivity contribution >= 4 is 11.5 Å². The smallest absolute Gasteiger partial charge is 0.328 e. The highest BCUT2D eigenvalue weighted by molar-refractivity contribution is 5.91. The first-order valence-electron chi connectivity index (χ1n) is 7.09. The predicted molar refractivity (Wildman–Crippen MR) is 82.3 cm³/mol. The Morgan fingerprint density at radius 1 is 1.25 bits per heavy atom. The van der Waals surface area contributed by atoms with Gasteiger partial charge in [0.2, 0.25) is 0 Å². The average Bonchev–Trinajstić information content (AvgIpc) is 2.39. The third-order valence-electron chi connectivity index (χ3n) is 3.51. The number of carboxylic acids is 1. The van der Waals surface area contributed by atoms with Gasteiger partial charge in [0, 0.05) is 6.08 Å². The summed E-state index contributed by atoms with van der Waals surface area (Å²) in [5.74, 6) is 0.000917. The SMILES string of the molecule is CCCOc1cc(C)c(/C(=C/C(=O)O)CC)c(C)c1C. The molecule has 0 aliphatic rings. The molecule has 0 radical (unpaired) electrons. The van der Waals surface area contributed by atoms with Gasteiger partial charge in [-0.2, -0.15) is 0 Å². The van der Waals surface area contributed by atoms with Crippen molar-refractivity contribution in [3.63, 3.8) is 0 Å². The first-order valence-corrected chi connectivity index (χ1v) is 7.09. The Morgan fingerprint density at radius 2 is 1.90 bits per heavy atom. The normalized spacial score (nSPS) is 11.6. The van der Waals surface area contributed by atoms with Crippen molar-refractivity contribution in [2.45, 2.75) is 47.5 Å². The molecule has 0 heterocycles. The minimum absolute atomic E-state index is 0.697. The lowest BCUT2D eigenvalue weighted by Crippen LogP contribution is -2.03. The fraction of sp³-hybridized carbons (Fsp3) is 0.471. The minimum atomic E-state index is -0.899. The molecule has 0 aliphatic heterocycles. The number of hydrogen-bond acceptors (Lipinski definition) is 2. The summed E-state index contributed by atoms with van der Waals surface area (Å²) in [5, 5.41) is 9.00. The third kappa shape index (κ3) is 3.62. The number of aryl methyl sites for hydroxylation is 1. The Morgan fingerprint density at radius 3 is 2.40 bits per heavy atom. The minimum Gasteiger partial charge on any atom is -0.493 e. The number of ether oxygens (including phenoxy) is 1. The van der Waals surface area contributed by atoms with Crippen molar-refractivity contribution in [3.8, 4) is 5.75 Å². The third-order valence-corrected chi connectivity index (χ3v) is 3.51. The van der Waals surface area contributed by atoms with Crippen molar-refractivity contribution < 1.29 is 14.6 Å². The largest absolute Gasteiger partial charge is 0.493 e. The van der Waals surface area contributed by atoms with E-state index in [4.69, 9.17) is 9.84 Å². The zero-order chi connectivity index (χ0) is 15.3. The maximum absolute atomic E-state index is 11.0. The summed E-state index contributed by atoms with van der Waals surface area (Å²) in [4.78, 5) is 11.0.